The molecule has 0 bridgehead atoms. The van der Waals surface area contributed by atoms with Gasteiger partial charge in [-0.25, -0.2) is 4.79 Å². The van der Waals surface area contributed by atoms with Crippen LogP contribution in [-0.4, -0.2) is 34.0 Å². The third kappa shape index (κ3) is 2.87. The molecule has 108 valence electrons. The Labute approximate surface area is 126 Å². The van der Waals surface area contributed by atoms with Crippen LogP contribution < -0.4 is 0 Å². The summed E-state index contributed by atoms with van der Waals surface area (Å²) in [5.41, 5.74) is 0.342. The monoisotopic (exact) mass is 339 g/mol. The van der Waals surface area contributed by atoms with Crippen LogP contribution in [0.1, 0.15) is 47.9 Å². The number of carbonyl (C=O) groups is 2. The van der Waals surface area contributed by atoms with Gasteiger partial charge in [0.25, 0.3) is 5.91 Å². The summed E-state index contributed by atoms with van der Waals surface area (Å²) < 4.78 is 0.603. The highest BCUT2D eigenvalue weighted by atomic mass is 79.9. The van der Waals surface area contributed by atoms with E-state index in [0.29, 0.717) is 22.5 Å². The maximum atomic E-state index is 12.6. The van der Waals surface area contributed by atoms with Gasteiger partial charge in [-0.2, -0.15) is 0 Å². The smallest absolute Gasteiger partial charge is 0.335 e. The first-order valence-corrected chi connectivity index (χ1v) is 7.36. The summed E-state index contributed by atoms with van der Waals surface area (Å²) in [6.07, 6.45) is 0.957. The molecule has 5 heteroatoms. The summed E-state index contributed by atoms with van der Waals surface area (Å²) in [5, 5.41) is 9.08. The van der Waals surface area contributed by atoms with Gasteiger partial charge in [-0.15, -0.1) is 0 Å². The SMILES string of the molecule is CC1CN(C(=O)c2cc(Br)cc(C(=O)O)c2)C(C)(C)C1. The Balaban J connectivity index is 2.37. The standard InChI is InChI=1S/C15H18BrNO3/c1-9-7-15(2,3)17(8-9)13(18)10-4-11(14(19)20)6-12(16)5-10/h4-6,9H,7-8H2,1-3H3,(H,19,20). The molecule has 1 aromatic carbocycles. The molecule has 0 spiro atoms. The first-order chi connectivity index (χ1) is 9.20. The molecular weight excluding hydrogens is 322 g/mol. The number of hydrogen-bond donors (Lipinski definition) is 1. The molecule has 0 radical (unpaired) electrons. The number of carboxylic acid groups (broad SMARTS) is 1. The van der Waals surface area contributed by atoms with Gasteiger partial charge in [-0.1, -0.05) is 22.9 Å². The maximum absolute atomic E-state index is 12.6. The fourth-order valence-electron chi connectivity index (χ4n) is 2.94. The molecule has 1 fully saturated rings. The van der Waals surface area contributed by atoms with E-state index in [1.807, 2.05) is 18.7 Å². The van der Waals surface area contributed by atoms with Gasteiger partial charge in [0.15, 0.2) is 0 Å². The molecule has 1 saturated heterocycles. The van der Waals surface area contributed by atoms with Crippen LogP contribution in [0.25, 0.3) is 0 Å². The van der Waals surface area contributed by atoms with E-state index in [2.05, 4.69) is 22.9 Å². The summed E-state index contributed by atoms with van der Waals surface area (Å²) in [5.74, 6) is -0.683. The molecule has 1 amide bonds. The first-order valence-electron chi connectivity index (χ1n) is 6.56. The van der Waals surface area contributed by atoms with E-state index in [1.54, 1.807) is 6.07 Å². The lowest BCUT2D eigenvalue weighted by molar-refractivity contribution is 0.0650. The normalized spacial score (nSPS) is 21.0. The summed E-state index contributed by atoms with van der Waals surface area (Å²) in [6.45, 7) is 6.92. The number of carbonyl (C=O) groups excluding carboxylic acids is 1. The van der Waals surface area contributed by atoms with Crippen molar-refractivity contribution in [2.24, 2.45) is 5.92 Å². The first kappa shape index (κ1) is 15.0. The minimum atomic E-state index is -1.03. The van der Waals surface area contributed by atoms with Crippen molar-refractivity contribution in [1.82, 2.24) is 4.90 Å². The van der Waals surface area contributed by atoms with E-state index < -0.39 is 5.97 Å². The van der Waals surface area contributed by atoms with Gasteiger partial charge in [0.2, 0.25) is 0 Å². The fourth-order valence-corrected chi connectivity index (χ4v) is 3.43. The highest BCUT2D eigenvalue weighted by molar-refractivity contribution is 9.10. The number of halogens is 1. The van der Waals surface area contributed by atoms with Crippen LogP contribution in [0, 0.1) is 5.92 Å². The fraction of sp³-hybridized carbons (Fsp3) is 0.467. The van der Waals surface area contributed by atoms with Crippen molar-refractivity contribution < 1.29 is 14.7 Å². The molecule has 1 atom stereocenters. The quantitative estimate of drug-likeness (QED) is 0.898. The number of rotatable bonds is 2. The maximum Gasteiger partial charge on any atom is 0.335 e. The van der Waals surface area contributed by atoms with Crippen molar-refractivity contribution >= 4 is 27.8 Å². The number of nitrogens with zero attached hydrogens (tertiary/aromatic N) is 1. The van der Waals surface area contributed by atoms with Crippen LogP contribution in [0.2, 0.25) is 0 Å². The molecule has 4 nitrogen and oxygen atoms in total. The number of aromatic carboxylic acids is 1. The van der Waals surface area contributed by atoms with Gasteiger partial charge in [0.05, 0.1) is 5.56 Å². The second-order valence-electron chi connectivity index (χ2n) is 6.07. The molecule has 1 aliphatic rings. The lowest BCUT2D eigenvalue weighted by Crippen LogP contribution is -2.42. The average Bonchev–Trinajstić information content (AvgIpc) is 2.60. The van der Waals surface area contributed by atoms with E-state index in [9.17, 15) is 9.59 Å². The van der Waals surface area contributed by atoms with Crippen LogP contribution in [0.4, 0.5) is 0 Å². The molecule has 1 aromatic rings. The van der Waals surface area contributed by atoms with Gasteiger partial charge in [0.1, 0.15) is 0 Å². The van der Waals surface area contributed by atoms with Crippen molar-refractivity contribution in [2.45, 2.75) is 32.7 Å². The third-order valence-electron chi connectivity index (χ3n) is 3.71. The van der Waals surface area contributed by atoms with Crippen LogP contribution >= 0.6 is 15.9 Å². The number of carboxylic acids is 1. The average molecular weight is 340 g/mol. The second-order valence-corrected chi connectivity index (χ2v) is 6.99. The molecule has 2 rings (SSSR count). The van der Waals surface area contributed by atoms with E-state index in [0.717, 1.165) is 6.42 Å². The van der Waals surface area contributed by atoms with Crippen LogP contribution in [0.5, 0.6) is 0 Å². The zero-order valence-corrected chi connectivity index (χ0v) is 13.4. The molecule has 20 heavy (non-hydrogen) atoms. The molecule has 0 aliphatic carbocycles. The third-order valence-corrected chi connectivity index (χ3v) is 4.17. The van der Waals surface area contributed by atoms with Gasteiger partial charge in [-0.3, -0.25) is 4.79 Å². The minimum Gasteiger partial charge on any atom is -0.478 e. The lowest BCUT2D eigenvalue weighted by atomic mass is 9.97. The van der Waals surface area contributed by atoms with Gasteiger partial charge < -0.3 is 10.0 Å². The van der Waals surface area contributed by atoms with E-state index in [1.165, 1.54) is 12.1 Å². The van der Waals surface area contributed by atoms with Crippen LogP contribution in [0.15, 0.2) is 22.7 Å². The Kier molecular flexibility index (Phi) is 3.91. The summed E-state index contributed by atoms with van der Waals surface area (Å²) in [7, 11) is 0. The Hall–Kier alpha value is -1.36. The summed E-state index contributed by atoms with van der Waals surface area (Å²) >= 11 is 3.26. The molecule has 1 aliphatic heterocycles. The molecule has 1 heterocycles. The van der Waals surface area contributed by atoms with Crippen LogP contribution in [-0.2, 0) is 0 Å². The van der Waals surface area contributed by atoms with Crippen molar-refractivity contribution in [3.05, 3.63) is 33.8 Å². The highest BCUT2D eigenvalue weighted by Crippen LogP contribution is 2.34. The number of amides is 1. The van der Waals surface area contributed by atoms with Gasteiger partial charge >= 0.3 is 5.97 Å². The van der Waals surface area contributed by atoms with Crippen LogP contribution in [0.3, 0.4) is 0 Å². The summed E-state index contributed by atoms with van der Waals surface area (Å²) in [4.78, 5) is 25.6. The van der Waals surface area contributed by atoms with Gasteiger partial charge in [0, 0.05) is 22.1 Å². The zero-order chi connectivity index (χ0) is 15.1. The van der Waals surface area contributed by atoms with Crippen molar-refractivity contribution in [2.75, 3.05) is 6.54 Å². The largest absolute Gasteiger partial charge is 0.478 e. The van der Waals surface area contributed by atoms with E-state index >= 15 is 0 Å². The number of benzene rings is 1. The second kappa shape index (κ2) is 5.20. The Morgan fingerprint density at radius 2 is 1.90 bits per heavy atom. The minimum absolute atomic E-state index is 0.108. The molecule has 1 N–H and O–H groups in total. The highest BCUT2D eigenvalue weighted by Gasteiger charge is 2.39. The van der Waals surface area contributed by atoms with E-state index in [4.69, 9.17) is 5.11 Å². The Bertz CT molecular complexity index is 568. The van der Waals surface area contributed by atoms with Crippen molar-refractivity contribution in [3.63, 3.8) is 0 Å². The molecular formula is C15H18BrNO3. The lowest BCUT2D eigenvalue weighted by Gasteiger charge is -2.31. The molecule has 1 unspecified atom stereocenters. The Morgan fingerprint density at radius 3 is 2.40 bits per heavy atom. The predicted molar refractivity (Wildman–Crippen MR) is 80.0 cm³/mol. The summed E-state index contributed by atoms with van der Waals surface area (Å²) in [6, 6.07) is 4.61. The van der Waals surface area contributed by atoms with Crippen molar-refractivity contribution in [3.8, 4) is 0 Å². The van der Waals surface area contributed by atoms with Gasteiger partial charge in [-0.05, 0) is 44.4 Å². The topological polar surface area (TPSA) is 57.6 Å². The molecule has 0 saturated carbocycles. The van der Waals surface area contributed by atoms with E-state index in [-0.39, 0.29) is 17.0 Å². The Morgan fingerprint density at radius 1 is 1.30 bits per heavy atom. The molecule has 0 aromatic heterocycles. The number of hydrogen-bond acceptors (Lipinski definition) is 2. The predicted octanol–water partition coefficient (Wildman–Crippen LogP) is 3.41. The van der Waals surface area contributed by atoms with Crippen molar-refractivity contribution in [1.29, 1.82) is 0 Å². The zero-order valence-electron chi connectivity index (χ0n) is 11.8. The number of likely N-dealkylation sites (tertiary alicyclic amines) is 1.